The number of methoxy groups -OCH3 is 1. The lowest BCUT2D eigenvalue weighted by Crippen LogP contribution is -2.09. The van der Waals surface area contributed by atoms with Crippen molar-refractivity contribution in [1.29, 1.82) is 0 Å². The molecule has 0 aliphatic heterocycles. The summed E-state index contributed by atoms with van der Waals surface area (Å²) in [5, 5.41) is 4.22. The van der Waals surface area contributed by atoms with E-state index in [2.05, 4.69) is 5.10 Å². The van der Waals surface area contributed by atoms with Crippen molar-refractivity contribution in [2.75, 3.05) is 13.7 Å². The van der Waals surface area contributed by atoms with Crippen molar-refractivity contribution in [2.24, 2.45) is 0 Å². The zero-order valence-electron chi connectivity index (χ0n) is 13.1. The molecule has 8 heteroatoms. The summed E-state index contributed by atoms with van der Waals surface area (Å²) >= 11 is 6.24. The van der Waals surface area contributed by atoms with Crippen LogP contribution in [0, 0.1) is 11.6 Å². The van der Waals surface area contributed by atoms with Crippen LogP contribution in [0.3, 0.4) is 0 Å². The third kappa shape index (κ3) is 4.11. The van der Waals surface area contributed by atoms with Gasteiger partial charge in [0.25, 0.3) is 0 Å². The molecule has 1 heterocycles. The van der Waals surface area contributed by atoms with Crippen LogP contribution in [-0.4, -0.2) is 29.5 Å². The molecule has 0 amide bonds. The SMILES string of the molecule is CCOC(=O)c1nn(Cc2cc(F)cc(F)c2)c(Cl)c1C=COC. The lowest BCUT2D eigenvalue weighted by Gasteiger charge is -2.04. The Morgan fingerprint density at radius 1 is 1.33 bits per heavy atom. The fraction of sp³-hybridized carbons (Fsp3) is 0.250. The molecule has 0 aliphatic rings. The van der Waals surface area contributed by atoms with Gasteiger partial charge in [-0.1, -0.05) is 11.6 Å². The summed E-state index contributed by atoms with van der Waals surface area (Å²) in [4.78, 5) is 12.0. The third-order valence-electron chi connectivity index (χ3n) is 3.02. The minimum atomic E-state index is -0.710. The van der Waals surface area contributed by atoms with Crippen molar-refractivity contribution in [1.82, 2.24) is 9.78 Å². The number of hydrogen-bond donors (Lipinski definition) is 0. The Labute approximate surface area is 142 Å². The highest BCUT2D eigenvalue weighted by atomic mass is 35.5. The van der Waals surface area contributed by atoms with E-state index in [1.807, 2.05) is 0 Å². The molecule has 0 saturated carbocycles. The highest BCUT2D eigenvalue weighted by Gasteiger charge is 2.22. The van der Waals surface area contributed by atoms with Gasteiger partial charge in [0.05, 0.1) is 26.5 Å². The molecular weight excluding hydrogens is 342 g/mol. The molecule has 0 bridgehead atoms. The molecule has 0 spiro atoms. The van der Waals surface area contributed by atoms with E-state index < -0.39 is 17.6 Å². The fourth-order valence-electron chi connectivity index (χ4n) is 2.07. The summed E-state index contributed by atoms with van der Waals surface area (Å²) in [5.74, 6) is -2.07. The second-order valence-electron chi connectivity index (χ2n) is 4.75. The number of carbonyl (C=O) groups is 1. The highest BCUT2D eigenvalue weighted by Crippen LogP contribution is 2.24. The van der Waals surface area contributed by atoms with E-state index in [0.717, 1.165) is 18.2 Å². The van der Waals surface area contributed by atoms with Gasteiger partial charge in [0.2, 0.25) is 0 Å². The topological polar surface area (TPSA) is 53.3 Å². The number of halogens is 3. The minimum Gasteiger partial charge on any atom is -0.504 e. The summed E-state index contributed by atoms with van der Waals surface area (Å²) in [6, 6.07) is 3.09. The van der Waals surface area contributed by atoms with Gasteiger partial charge in [0.15, 0.2) is 5.69 Å². The molecular formula is C16H15ClF2N2O3. The normalized spacial score (nSPS) is 11.0. The predicted octanol–water partition coefficient (Wildman–Crippen LogP) is 3.66. The van der Waals surface area contributed by atoms with E-state index in [9.17, 15) is 13.6 Å². The van der Waals surface area contributed by atoms with Crippen molar-refractivity contribution in [3.8, 4) is 0 Å². The van der Waals surface area contributed by atoms with Gasteiger partial charge in [0.1, 0.15) is 16.8 Å². The molecule has 1 aromatic heterocycles. The summed E-state index contributed by atoms with van der Waals surface area (Å²) < 4.78 is 37.6. The Morgan fingerprint density at radius 3 is 2.58 bits per heavy atom. The second kappa shape index (κ2) is 7.92. The third-order valence-corrected chi connectivity index (χ3v) is 3.42. The Hall–Kier alpha value is -2.41. The number of aromatic nitrogens is 2. The van der Waals surface area contributed by atoms with Gasteiger partial charge < -0.3 is 9.47 Å². The van der Waals surface area contributed by atoms with Crippen LogP contribution in [0.2, 0.25) is 5.15 Å². The van der Waals surface area contributed by atoms with E-state index in [0.29, 0.717) is 11.1 Å². The van der Waals surface area contributed by atoms with Crippen molar-refractivity contribution in [3.05, 3.63) is 58.1 Å². The molecule has 0 atom stereocenters. The molecule has 128 valence electrons. The molecule has 1 aromatic carbocycles. The molecule has 0 saturated heterocycles. The zero-order valence-corrected chi connectivity index (χ0v) is 13.8. The van der Waals surface area contributed by atoms with Crippen LogP contribution in [0.4, 0.5) is 8.78 Å². The monoisotopic (exact) mass is 356 g/mol. The maximum absolute atomic E-state index is 13.3. The Bertz CT molecular complexity index is 755. The summed E-state index contributed by atoms with van der Waals surface area (Å²) in [6.07, 6.45) is 2.79. The molecule has 0 radical (unpaired) electrons. The van der Waals surface area contributed by atoms with E-state index in [1.54, 1.807) is 6.92 Å². The summed E-state index contributed by atoms with van der Waals surface area (Å²) in [6.45, 7) is 1.82. The van der Waals surface area contributed by atoms with Gasteiger partial charge in [-0.3, -0.25) is 0 Å². The van der Waals surface area contributed by atoms with Crippen LogP contribution in [0.15, 0.2) is 24.5 Å². The number of nitrogens with zero attached hydrogens (tertiary/aromatic N) is 2. The van der Waals surface area contributed by atoms with Crippen LogP contribution in [0.5, 0.6) is 0 Å². The van der Waals surface area contributed by atoms with Crippen LogP contribution < -0.4 is 0 Å². The number of esters is 1. The van der Waals surface area contributed by atoms with Crippen LogP contribution in [-0.2, 0) is 16.0 Å². The van der Waals surface area contributed by atoms with E-state index in [-0.39, 0.29) is 24.0 Å². The number of ether oxygens (including phenoxy) is 2. The number of carbonyl (C=O) groups excluding carboxylic acids is 1. The largest absolute Gasteiger partial charge is 0.504 e. The molecule has 0 aliphatic carbocycles. The lowest BCUT2D eigenvalue weighted by molar-refractivity contribution is 0.0518. The van der Waals surface area contributed by atoms with Gasteiger partial charge in [-0.2, -0.15) is 5.10 Å². The van der Waals surface area contributed by atoms with Crippen LogP contribution in [0.25, 0.3) is 6.08 Å². The quantitative estimate of drug-likeness (QED) is 0.585. The summed E-state index contributed by atoms with van der Waals surface area (Å²) in [7, 11) is 1.44. The fourth-order valence-corrected chi connectivity index (χ4v) is 2.32. The smallest absolute Gasteiger partial charge is 0.359 e. The molecule has 2 rings (SSSR count). The molecule has 0 unspecified atom stereocenters. The maximum Gasteiger partial charge on any atom is 0.359 e. The van der Waals surface area contributed by atoms with Gasteiger partial charge in [0, 0.05) is 11.6 Å². The zero-order chi connectivity index (χ0) is 17.7. The van der Waals surface area contributed by atoms with E-state index >= 15 is 0 Å². The van der Waals surface area contributed by atoms with Crippen molar-refractivity contribution >= 4 is 23.6 Å². The molecule has 5 nitrogen and oxygen atoms in total. The molecule has 0 N–H and O–H groups in total. The average molecular weight is 357 g/mol. The minimum absolute atomic E-state index is 0.00738. The van der Waals surface area contributed by atoms with Gasteiger partial charge >= 0.3 is 5.97 Å². The first-order valence-corrected chi connectivity index (χ1v) is 7.41. The molecule has 2 aromatic rings. The van der Waals surface area contributed by atoms with E-state index in [1.165, 1.54) is 24.1 Å². The van der Waals surface area contributed by atoms with Crippen molar-refractivity contribution in [2.45, 2.75) is 13.5 Å². The standard InChI is InChI=1S/C16H15ClF2N2O3/c1-3-24-16(22)14-13(4-5-23-2)15(17)21(20-14)9-10-6-11(18)8-12(19)7-10/h4-8H,3,9H2,1-2H3. The van der Waals surface area contributed by atoms with Crippen molar-refractivity contribution < 1.29 is 23.0 Å². The second-order valence-corrected chi connectivity index (χ2v) is 5.11. The first-order chi connectivity index (χ1) is 11.5. The van der Waals surface area contributed by atoms with E-state index in [4.69, 9.17) is 21.1 Å². The Kier molecular flexibility index (Phi) is 5.92. The first kappa shape index (κ1) is 17.9. The Balaban J connectivity index is 2.42. The number of hydrogen-bond acceptors (Lipinski definition) is 4. The average Bonchev–Trinajstić information content (AvgIpc) is 2.81. The van der Waals surface area contributed by atoms with Crippen molar-refractivity contribution in [3.63, 3.8) is 0 Å². The van der Waals surface area contributed by atoms with Crippen LogP contribution >= 0.6 is 11.6 Å². The van der Waals surface area contributed by atoms with Gasteiger partial charge in [-0.15, -0.1) is 0 Å². The maximum atomic E-state index is 13.3. The summed E-state index contributed by atoms with van der Waals surface area (Å²) in [5.41, 5.74) is 0.607. The number of benzene rings is 1. The highest BCUT2D eigenvalue weighted by molar-refractivity contribution is 6.31. The van der Waals surface area contributed by atoms with Gasteiger partial charge in [-0.05, 0) is 30.7 Å². The predicted molar refractivity (Wildman–Crippen MR) is 84.7 cm³/mol. The molecule has 24 heavy (non-hydrogen) atoms. The lowest BCUT2D eigenvalue weighted by atomic mass is 10.2. The van der Waals surface area contributed by atoms with Gasteiger partial charge in [-0.25, -0.2) is 18.3 Å². The molecule has 0 fully saturated rings. The first-order valence-electron chi connectivity index (χ1n) is 7.04. The van der Waals surface area contributed by atoms with Crippen LogP contribution in [0.1, 0.15) is 28.5 Å². The Morgan fingerprint density at radius 2 is 2.00 bits per heavy atom. The number of rotatable bonds is 6.